The van der Waals surface area contributed by atoms with Gasteiger partial charge in [0.25, 0.3) is 5.91 Å². The molecule has 20 heavy (non-hydrogen) atoms. The molecule has 0 unspecified atom stereocenters. The first kappa shape index (κ1) is 16.0. The third-order valence-electron chi connectivity index (χ3n) is 2.49. The maximum absolute atomic E-state index is 12.1. The van der Waals surface area contributed by atoms with Crippen LogP contribution in [-0.4, -0.2) is 43.1 Å². The summed E-state index contributed by atoms with van der Waals surface area (Å²) in [6, 6.07) is 6.85. The predicted octanol–water partition coefficient (Wildman–Crippen LogP) is 2.11. The van der Waals surface area contributed by atoms with Crippen molar-refractivity contribution < 1.29 is 19.1 Å². The van der Waals surface area contributed by atoms with Gasteiger partial charge in [-0.1, -0.05) is 0 Å². The zero-order valence-electron chi connectivity index (χ0n) is 12.4. The Balaban J connectivity index is 2.64. The molecule has 1 amide bonds. The summed E-state index contributed by atoms with van der Waals surface area (Å²) in [5.74, 6) is 0.0712. The van der Waals surface area contributed by atoms with Gasteiger partial charge in [0.1, 0.15) is 12.3 Å². The van der Waals surface area contributed by atoms with Crippen LogP contribution in [0.4, 0.5) is 0 Å². The summed E-state index contributed by atoms with van der Waals surface area (Å²) in [7, 11) is 1.57. The molecule has 0 spiro atoms. The topological polar surface area (TPSA) is 55.8 Å². The van der Waals surface area contributed by atoms with E-state index in [1.165, 1.54) is 4.90 Å². The Kier molecular flexibility index (Phi) is 6.03. The maximum atomic E-state index is 12.1. The second-order valence-corrected chi connectivity index (χ2v) is 4.66. The highest BCUT2D eigenvalue weighted by Crippen LogP contribution is 2.14. The fraction of sp³-hybridized carbons (Fsp3) is 0.467. The molecule has 5 heteroatoms. The second-order valence-electron chi connectivity index (χ2n) is 4.66. The fourth-order valence-corrected chi connectivity index (χ4v) is 1.64. The van der Waals surface area contributed by atoms with Crippen LogP contribution in [0.2, 0.25) is 0 Å². The molecule has 1 rings (SSSR count). The lowest BCUT2D eigenvalue weighted by Gasteiger charge is -2.16. The number of carbonyl (C=O) groups excluding carboxylic acids is 2. The Morgan fingerprint density at radius 2 is 1.80 bits per heavy atom. The van der Waals surface area contributed by atoms with E-state index in [1.807, 2.05) is 13.8 Å². The first-order valence-electron chi connectivity index (χ1n) is 6.61. The summed E-state index contributed by atoms with van der Waals surface area (Å²) in [5, 5.41) is 0. The number of rotatable bonds is 6. The van der Waals surface area contributed by atoms with Crippen LogP contribution in [0.25, 0.3) is 0 Å². The number of amides is 1. The smallest absolute Gasteiger partial charge is 0.325 e. The first-order valence-corrected chi connectivity index (χ1v) is 6.61. The van der Waals surface area contributed by atoms with Gasteiger partial charge in [0.05, 0.1) is 12.7 Å². The molecular weight excluding hydrogens is 258 g/mol. The average Bonchev–Trinajstić information content (AvgIpc) is 2.38. The molecule has 0 saturated heterocycles. The highest BCUT2D eigenvalue weighted by molar-refractivity contribution is 5.95. The largest absolute Gasteiger partial charge is 0.491 e. The lowest BCUT2D eigenvalue weighted by molar-refractivity contribution is -0.143. The second kappa shape index (κ2) is 7.53. The van der Waals surface area contributed by atoms with Gasteiger partial charge in [-0.05, 0) is 45.0 Å². The monoisotopic (exact) mass is 279 g/mol. The average molecular weight is 279 g/mol. The molecule has 0 atom stereocenters. The minimum absolute atomic E-state index is 0.0586. The minimum Gasteiger partial charge on any atom is -0.491 e. The summed E-state index contributed by atoms with van der Waals surface area (Å²) < 4.78 is 10.3. The summed E-state index contributed by atoms with van der Waals surface area (Å²) in [6.07, 6.45) is 0.0861. The number of esters is 1. The van der Waals surface area contributed by atoms with Crippen molar-refractivity contribution in [1.29, 1.82) is 0 Å². The molecule has 0 aliphatic heterocycles. The Hall–Kier alpha value is -2.04. The van der Waals surface area contributed by atoms with E-state index in [1.54, 1.807) is 38.2 Å². The van der Waals surface area contributed by atoms with E-state index in [2.05, 4.69) is 0 Å². The molecule has 0 aliphatic rings. The van der Waals surface area contributed by atoms with Crippen LogP contribution in [0.5, 0.6) is 5.75 Å². The standard InChI is InChI=1S/C15H21NO4/c1-5-19-14(17)10-16(4)15(18)12-6-8-13(9-7-12)20-11(2)3/h6-9,11H,5,10H2,1-4H3. The van der Waals surface area contributed by atoms with Gasteiger partial charge in [-0.15, -0.1) is 0 Å². The van der Waals surface area contributed by atoms with Crippen LogP contribution in [0.3, 0.4) is 0 Å². The summed E-state index contributed by atoms with van der Waals surface area (Å²) in [6.45, 7) is 5.85. The minimum atomic E-state index is -0.414. The number of hydrogen-bond donors (Lipinski definition) is 0. The van der Waals surface area contributed by atoms with E-state index in [9.17, 15) is 9.59 Å². The molecule has 0 aliphatic carbocycles. The van der Waals surface area contributed by atoms with E-state index < -0.39 is 5.97 Å². The van der Waals surface area contributed by atoms with Crippen LogP contribution in [-0.2, 0) is 9.53 Å². The molecule has 0 radical (unpaired) electrons. The number of hydrogen-bond acceptors (Lipinski definition) is 4. The number of benzene rings is 1. The molecule has 0 heterocycles. The SMILES string of the molecule is CCOC(=O)CN(C)C(=O)c1ccc(OC(C)C)cc1. The van der Waals surface area contributed by atoms with Crippen molar-refractivity contribution in [2.24, 2.45) is 0 Å². The highest BCUT2D eigenvalue weighted by Gasteiger charge is 2.15. The van der Waals surface area contributed by atoms with Crippen LogP contribution >= 0.6 is 0 Å². The molecule has 1 aromatic carbocycles. The number of nitrogens with zero attached hydrogens (tertiary/aromatic N) is 1. The van der Waals surface area contributed by atoms with E-state index in [-0.39, 0.29) is 18.6 Å². The summed E-state index contributed by atoms with van der Waals surface area (Å²) >= 11 is 0. The van der Waals surface area contributed by atoms with Gasteiger partial charge in [-0.25, -0.2) is 0 Å². The maximum Gasteiger partial charge on any atom is 0.325 e. The number of likely N-dealkylation sites (N-methyl/N-ethyl adjacent to an activating group) is 1. The van der Waals surface area contributed by atoms with Crippen molar-refractivity contribution >= 4 is 11.9 Å². The fourth-order valence-electron chi connectivity index (χ4n) is 1.64. The summed E-state index contributed by atoms with van der Waals surface area (Å²) in [4.78, 5) is 24.8. The van der Waals surface area contributed by atoms with E-state index in [0.29, 0.717) is 17.9 Å². The van der Waals surface area contributed by atoms with Crippen molar-refractivity contribution in [2.75, 3.05) is 20.2 Å². The van der Waals surface area contributed by atoms with Crippen LogP contribution in [0.1, 0.15) is 31.1 Å². The Morgan fingerprint density at radius 3 is 2.30 bits per heavy atom. The van der Waals surface area contributed by atoms with Crippen molar-refractivity contribution in [3.8, 4) is 5.75 Å². The van der Waals surface area contributed by atoms with Gasteiger partial charge < -0.3 is 14.4 Å². The molecule has 0 saturated carbocycles. The van der Waals surface area contributed by atoms with Gasteiger partial charge in [-0.2, -0.15) is 0 Å². The molecule has 5 nitrogen and oxygen atoms in total. The van der Waals surface area contributed by atoms with Crippen molar-refractivity contribution in [2.45, 2.75) is 26.9 Å². The molecule has 0 N–H and O–H groups in total. The van der Waals surface area contributed by atoms with Gasteiger partial charge in [0.2, 0.25) is 0 Å². The van der Waals surface area contributed by atoms with E-state index in [0.717, 1.165) is 0 Å². The first-order chi connectivity index (χ1) is 9.43. The molecule has 1 aromatic rings. The van der Waals surface area contributed by atoms with Gasteiger partial charge >= 0.3 is 5.97 Å². The Morgan fingerprint density at radius 1 is 1.20 bits per heavy atom. The van der Waals surface area contributed by atoms with E-state index in [4.69, 9.17) is 9.47 Å². The molecular formula is C15H21NO4. The lowest BCUT2D eigenvalue weighted by Crippen LogP contribution is -2.33. The Labute approximate surface area is 119 Å². The zero-order valence-corrected chi connectivity index (χ0v) is 12.4. The van der Waals surface area contributed by atoms with Crippen LogP contribution in [0.15, 0.2) is 24.3 Å². The summed E-state index contributed by atoms with van der Waals surface area (Å²) in [5.41, 5.74) is 0.507. The predicted molar refractivity (Wildman–Crippen MR) is 75.8 cm³/mol. The molecule has 0 aromatic heterocycles. The van der Waals surface area contributed by atoms with Crippen molar-refractivity contribution in [3.05, 3.63) is 29.8 Å². The normalized spacial score (nSPS) is 10.2. The zero-order chi connectivity index (χ0) is 15.1. The van der Waals surface area contributed by atoms with Crippen LogP contribution < -0.4 is 4.74 Å². The quantitative estimate of drug-likeness (QED) is 0.748. The lowest BCUT2D eigenvalue weighted by atomic mass is 10.2. The number of carbonyl (C=O) groups is 2. The Bertz CT molecular complexity index is 453. The third kappa shape index (κ3) is 4.91. The van der Waals surface area contributed by atoms with E-state index >= 15 is 0 Å². The molecule has 0 bridgehead atoms. The molecule has 110 valence electrons. The molecule has 0 fully saturated rings. The van der Waals surface area contributed by atoms with Crippen molar-refractivity contribution in [3.63, 3.8) is 0 Å². The van der Waals surface area contributed by atoms with Gasteiger partial charge in [0, 0.05) is 12.6 Å². The van der Waals surface area contributed by atoms with Gasteiger partial charge in [-0.3, -0.25) is 9.59 Å². The van der Waals surface area contributed by atoms with Crippen LogP contribution in [0, 0.1) is 0 Å². The van der Waals surface area contributed by atoms with Gasteiger partial charge in [0.15, 0.2) is 0 Å². The third-order valence-corrected chi connectivity index (χ3v) is 2.49. The van der Waals surface area contributed by atoms with Crippen molar-refractivity contribution in [1.82, 2.24) is 4.90 Å². The highest BCUT2D eigenvalue weighted by atomic mass is 16.5. The number of ether oxygens (including phenoxy) is 2.